The lowest BCUT2D eigenvalue weighted by Crippen LogP contribution is -2.41. The number of rotatable bonds is 9. The van der Waals surface area contributed by atoms with E-state index in [0.717, 1.165) is 44.4 Å². The van der Waals surface area contributed by atoms with Gasteiger partial charge in [-0.1, -0.05) is 13.8 Å². The van der Waals surface area contributed by atoms with Crippen molar-refractivity contribution in [3.63, 3.8) is 0 Å². The van der Waals surface area contributed by atoms with Crippen molar-refractivity contribution in [1.29, 1.82) is 0 Å². The highest BCUT2D eigenvalue weighted by molar-refractivity contribution is 5.77. The first-order valence-electron chi connectivity index (χ1n) is 10.6. The third-order valence-corrected chi connectivity index (χ3v) is 6.17. The predicted molar refractivity (Wildman–Crippen MR) is 105 cm³/mol. The van der Waals surface area contributed by atoms with Crippen molar-refractivity contribution in [2.75, 3.05) is 52.6 Å². The van der Waals surface area contributed by atoms with Crippen LogP contribution in [0, 0.1) is 17.8 Å². The zero-order valence-corrected chi connectivity index (χ0v) is 17.4. The molecule has 0 aromatic heterocycles. The molecule has 0 aliphatic carbocycles. The Labute approximate surface area is 160 Å². The lowest BCUT2D eigenvalue weighted by atomic mass is 9.87. The molecule has 2 heterocycles. The van der Waals surface area contributed by atoms with Crippen molar-refractivity contribution in [2.24, 2.45) is 17.8 Å². The lowest BCUT2D eigenvalue weighted by molar-refractivity contribution is -0.138. The summed E-state index contributed by atoms with van der Waals surface area (Å²) in [6.07, 6.45) is 4.71. The van der Waals surface area contributed by atoms with E-state index in [-0.39, 0.29) is 12.5 Å². The molecule has 0 saturated carbocycles. The summed E-state index contributed by atoms with van der Waals surface area (Å²) in [7, 11) is 0. The average Bonchev–Trinajstić information content (AvgIpc) is 2.64. The highest BCUT2D eigenvalue weighted by Crippen LogP contribution is 2.24. The molecule has 2 aliphatic heterocycles. The maximum atomic E-state index is 12.2. The van der Waals surface area contributed by atoms with Crippen LogP contribution in [0.4, 0.5) is 0 Å². The van der Waals surface area contributed by atoms with Gasteiger partial charge in [-0.05, 0) is 70.4 Å². The van der Waals surface area contributed by atoms with Gasteiger partial charge < -0.3 is 19.3 Å². The summed E-state index contributed by atoms with van der Waals surface area (Å²) >= 11 is 0. The van der Waals surface area contributed by atoms with E-state index in [9.17, 15) is 4.79 Å². The molecule has 0 bridgehead atoms. The molecule has 2 rings (SSSR count). The standard InChI is InChI=1S/C21H40N2O3/c1-17(2)20-7-11-23(12-8-20)21(24)16-26-14-13-25-15-19-5-9-22(10-6-19)18(3)4/h17-20H,5-16H2,1-4H3. The summed E-state index contributed by atoms with van der Waals surface area (Å²) in [6.45, 7) is 15.4. The number of ether oxygens (including phenoxy) is 2. The molecule has 0 aromatic rings. The average molecular weight is 369 g/mol. The number of amides is 1. The molecule has 0 unspecified atom stereocenters. The summed E-state index contributed by atoms with van der Waals surface area (Å²) in [5, 5.41) is 0. The molecule has 152 valence electrons. The fourth-order valence-corrected chi connectivity index (χ4v) is 4.07. The normalized spacial score (nSPS) is 21.1. The highest BCUT2D eigenvalue weighted by atomic mass is 16.5. The summed E-state index contributed by atoms with van der Waals surface area (Å²) in [4.78, 5) is 16.7. The van der Waals surface area contributed by atoms with Crippen LogP contribution in [0.1, 0.15) is 53.4 Å². The van der Waals surface area contributed by atoms with Gasteiger partial charge in [-0.25, -0.2) is 0 Å². The summed E-state index contributed by atoms with van der Waals surface area (Å²) in [5.41, 5.74) is 0. The van der Waals surface area contributed by atoms with E-state index >= 15 is 0 Å². The zero-order chi connectivity index (χ0) is 18.9. The Morgan fingerprint density at radius 3 is 2.12 bits per heavy atom. The minimum absolute atomic E-state index is 0.133. The number of piperidine rings is 2. The maximum absolute atomic E-state index is 12.2. The van der Waals surface area contributed by atoms with Gasteiger partial charge in [0.2, 0.25) is 5.91 Å². The Bertz CT molecular complexity index is 398. The van der Waals surface area contributed by atoms with Crippen molar-refractivity contribution >= 4 is 5.91 Å². The van der Waals surface area contributed by atoms with E-state index < -0.39 is 0 Å². The van der Waals surface area contributed by atoms with Crippen LogP contribution in [-0.4, -0.2) is 74.4 Å². The van der Waals surface area contributed by atoms with E-state index in [1.54, 1.807) is 0 Å². The quantitative estimate of drug-likeness (QED) is 0.587. The second kappa shape index (κ2) is 11.3. The zero-order valence-electron chi connectivity index (χ0n) is 17.4. The largest absolute Gasteiger partial charge is 0.379 e. The molecular weight excluding hydrogens is 328 g/mol. The van der Waals surface area contributed by atoms with Gasteiger partial charge in [0.05, 0.1) is 13.2 Å². The summed E-state index contributed by atoms with van der Waals surface area (Å²) in [5.74, 6) is 2.29. The molecule has 2 saturated heterocycles. The molecule has 1 amide bonds. The third-order valence-electron chi connectivity index (χ3n) is 6.17. The molecule has 2 fully saturated rings. The Kier molecular flexibility index (Phi) is 9.37. The van der Waals surface area contributed by atoms with Crippen molar-refractivity contribution in [3.05, 3.63) is 0 Å². The maximum Gasteiger partial charge on any atom is 0.248 e. The predicted octanol–water partition coefficient (Wildman–Crippen LogP) is 3.03. The Balaban J connectivity index is 1.46. The van der Waals surface area contributed by atoms with Gasteiger partial charge in [0.15, 0.2) is 0 Å². The molecule has 0 spiro atoms. The molecule has 0 aromatic carbocycles. The topological polar surface area (TPSA) is 42.0 Å². The van der Waals surface area contributed by atoms with Gasteiger partial charge >= 0.3 is 0 Å². The fraction of sp³-hybridized carbons (Fsp3) is 0.952. The van der Waals surface area contributed by atoms with E-state index in [1.165, 1.54) is 25.9 Å². The summed E-state index contributed by atoms with van der Waals surface area (Å²) < 4.78 is 11.3. The Hall–Kier alpha value is -0.650. The molecule has 0 radical (unpaired) electrons. The smallest absolute Gasteiger partial charge is 0.248 e. The van der Waals surface area contributed by atoms with Gasteiger partial charge in [0, 0.05) is 25.7 Å². The lowest BCUT2D eigenvalue weighted by Gasteiger charge is -2.34. The van der Waals surface area contributed by atoms with Crippen molar-refractivity contribution in [3.8, 4) is 0 Å². The van der Waals surface area contributed by atoms with Gasteiger partial charge in [-0.3, -0.25) is 4.79 Å². The van der Waals surface area contributed by atoms with Crippen LogP contribution in [0.5, 0.6) is 0 Å². The molecule has 5 nitrogen and oxygen atoms in total. The van der Waals surface area contributed by atoms with E-state index in [4.69, 9.17) is 9.47 Å². The monoisotopic (exact) mass is 368 g/mol. The highest BCUT2D eigenvalue weighted by Gasteiger charge is 2.24. The molecule has 0 N–H and O–H groups in total. The first kappa shape index (κ1) is 21.6. The van der Waals surface area contributed by atoms with Crippen LogP contribution in [-0.2, 0) is 14.3 Å². The number of carbonyl (C=O) groups excluding carboxylic acids is 1. The molecule has 2 aliphatic rings. The van der Waals surface area contributed by atoms with Gasteiger partial charge in [0.1, 0.15) is 6.61 Å². The number of likely N-dealkylation sites (tertiary alicyclic amines) is 2. The third kappa shape index (κ3) is 7.16. The second-order valence-electron chi connectivity index (χ2n) is 8.66. The van der Waals surface area contributed by atoms with Crippen molar-refractivity contribution in [2.45, 2.75) is 59.4 Å². The Morgan fingerprint density at radius 1 is 0.923 bits per heavy atom. The molecular formula is C21H40N2O3. The van der Waals surface area contributed by atoms with E-state index in [1.807, 2.05) is 4.90 Å². The van der Waals surface area contributed by atoms with Crippen LogP contribution in [0.25, 0.3) is 0 Å². The first-order valence-corrected chi connectivity index (χ1v) is 10.6. The van der Waals surface area contributed by atoms with Crippen molar-refractivity contribution < 1.29 is 14.3 Å². The molecule has 26 heavy (non-hydrogen) atoms. The van der Waals surface area contributed by atoms with Gasteiger partial charge in [-0.15, -0.1) is 0 Å². The summed E-state index contributed by atoms with van der Waals surface area (Å²) in [6, 6.07) is 0.652. The fourth-order valence-electron chi connectivity index (χ4n) is 4.07. The van der Waals surface area contributed by atoms with Crippen LogP contribution in [0.2, 0.25) is 0 Å². The van der Waals surface area contributed by atoms with E-state index in [2.05, 4.69) is 32.6 Å². The number of hydrogen-bond acceptors (Lipinski definition) is 4. The van der Waals surface area contributed by atoms with E-state index in [0.29, 0.717) is 25.2 Å². The number of hydrogen-bond donors (Lipinski definition) is 0. The van der Waals surface area contributed by atoms with Crippen LogP contribution >= 0.6 is 0 Å². The number of nitrogens with zero attached hydrogens (tertiary/aromatic N) is 2. The SMILES string of the molecule is CC(C)C1CCN(C(=O)COCCOCC2CCN(C(C)C)CC2)CC1. The minimum atomic E-state index is 0.133. The minimum Gasteiger partial charge on any atom is -0.379 e. The molecule has 5 heteroatoms. The molecule has 0 atom stereocenters. The van der Waals surface area contributed by atoms with Crippen LogP contribution < -0.4 is 0 Å². The van der Waals surface area contributed by atoms with Crippen LogP contribution in [0.3, 0.4) is 0 Å². The van der Waals surface area contributed by atoms with Gasteiger partial charge in [-0.2, -0.15) is 0 Å². The van der Waals surface area contributed by atoms with Crippen molar-refractivity contribution in [1.82, 2.24) is 9.80 Å². The first-order chi connectivity index (χ1) is 12.5. The number of carbonyl (C=O) groups is 1. The van der Waals surface area contributed by atoms with Gasteiger partial charge in [0.25, 0.3) is 0 Å². The van der Waals surface area contributed by atoms with Crippen LogP contribution in [0.15, 0.2) is 0 Å². The Morgan fingerprint density at radius 2 is 1.54 bits per heavy atom. The second-order valence-corrected chi connectivity index (χ2v) is 8.66.